The van der Waals surface area contributed by atoms with E-state index in [9.17, 15) is 13.2 Å². The number of primary amides is 1. The van der Waals surface area contributed by atoms with E-state index in [0.29, 0.717) is 5.02 Å². The Bertz CT molecular complexity index is 455. The van der Waals surface area contributed by atoms with Gasteiger partial charge in [-0.05, 0) is 28.6 Å². The van der Waals surface area contributed by atoms with Crippen molar-refractivity contribution in [3.8, 4) is 0 Å². The molecule has 0 aliphatic heterocycles. The Morgan fingerprint density at radius 3 is 2.27 bits per heavy atom. The maximum Gasteiger partial charge on any atom is 0.437 e. The maximum atomic E-state index is 11.2. The number of carbonyl (C=O) groups excluding carboxylic acids is 1. The third kappa shape index (κ3) is 3.39. The van der Waals surface area contributed by atoms with Gasteiger partial charge in [0.25, 0.3) is 0 Å². The van der Waals surface area contributed by atoms with E-state index in [0.717, 1.165) is 0 Å². The zero-order valence-electron chi connectivity index (χ0n) is 7.21. The molecular weight excluding hydrogens is 246 g/mol. The summed E-state index contributed by atoms with van der Waals surface area (Å²) in [6, 6.07) is 5.09. The second kappa shape index (κ2) is 4.47. The SMILES string of the molecule is NC(=O)OOS(=O)(=O)c1ccc(Cl)cc1. The topological polar surface area (TPSA) is 95.7 Å². The third-order valence-corrected chi connectivity index (χ3v) is 2.66. The van der Waals surface area contributed by atoms with Gasteiger partial charge in [-0.25, -0.2) is 4.79 Å². The Balaban J connectivity index is 2.87. The number of rotatable bonds is 3. The fraction of sp³-hybridized carbons (Fsp3) is 0. The molecule has 82 valence electrons. The summed E-state index contributed by atoms with van der Waals surface area (Å²) in [5, 5.41) is 0.366. The summed E-state index contributed by atoms with van der Waals surface area (Å²) in [4.78, 5) is 13.6. The minimum Gasteiger partial charge on any atom is -0.333 e. The van der Waals surface area contributed by atoms with Crippen molar-refractivity contribution < 1.29 is 22.4 Å². The van der Waals surface area contributed by atoms with E-state index in [1.807, 2.05) is 0 Å². The molecule has 0 aliphatic rings. The summed E-state index contributed by atoms with van der Waals surface area (Å²) in [6.45, 7) is 0. The highest BCUT2D eigenvalue weighted by Crippen LogP contribution is 2.16. The number of benzene rings is 1. The van der Waals surface area contributed by atoms with Crippen LogP contribution in [0.15, 0.2) is 29.2 Å². The number of amides is 1. The van der Waals surface area contributed by atoms with Crippen molar-refractivity contribution >= 4 is 27.8 Å². The Morgan fingerprint density at radius 2 is 1.80 bits per heavy atom. The van der Waals surface area contributed by atoms with Crippen molar-refractivity contribution in [1.29, 1.82) is 0 Å². The molecule has 0 radical (unpaired) electrons. The summed E-state index contributed by atoms with van der Waals surface area (Å²) in [5.74, 6) is 0. The first-order valence-electron chi connectivity index (χ1n) is 3.58. The van der Waals surface area contributed by atoms with E-state index in [1.165, 1.54) is 24.3 Å². The maximum absolute atomic E-state index is 11.2. The molecule has 0 atom stereocenters. The lowest BCUT2D eigenvalue weighted by Crippen LogP contribution is -2.17. The Hall–Kier alpha value is -1.31. The van der Waals surface area contributed by atoms with Crippen LogP contribution in [-0.4, -0.2) is 14.5 Å². The fourth-order valence-corrected chi connectivity index (χ4v) is 1.55. The summed E-state index contributed by atoms with van der Waals surface area (Å²) >= 11 is 5.55. The number of hydrogen-bond acceptors (Lipinski definition) is 5. The van der Waals surface area contributed by atoms with Gasteiger partial charge >= 0.3 is 16.2 Å². The molecular formula is C7H6ClNO5S. The Labute approximate surface area is 90.6 Å². The molecule has 1 aromatic carbocycles. The van der Waals surface area contributed by atoms with Gasteiger partial charge in [-0.2, -0.15) is 8.42 Å². The molecule has 0 bridgehead atoms. The molecule has 0 spiro atoms. The van der Waals surface area contributed by atoms with E-state index in [2.05, 4.69) is 15.0 Å². The molecule has 8 heteroatoms. The van der Waals surface area contributed by atoms with Crippen LogP contribution in [0.4, 0.5) is 4.79 Å². The highest BCUT2D eigenvalue weighted by molar-refractivity contribution is 7.86. The van der Waals surface area contributed by atoms with Crippen molar-refractivity contribution in [3.63, 3.8) is 0 Å². The van der Waals surface area contributed by atoms with Crippen LogP contribution in [0.25, 0.3) is 0 Å². The molecule has 1 amide bonds. The fourth-order valence-electron chi connectivity index (χ4n) is 0.719. The average molecular weight is 252 g/mol. The normalized spacial score (nSPS) is 11.0. The first kappa shape index (κ1) is 11.8. The number of nitrogens with two attached hydrogens (primary N) is 1. The zero-order valence-corrected chi connectivity index (χ0v) is 8.79. The van der Waals surface area contributed by atoms with Crippen LogP contribution in [-0.2, 0) is 19.3 Å². The quantitative estimate of drug-likeness (QED) is 0.640. The molecule has 15 heavy (non-hydrogen) atoms. The van der Waals surface area contributed by atoms with Crippen molar-refractivity contribution in [2.75, 3.05) is 0 Å². The molecule has 0 aromatic heterocycles. The highest BCUT2D eigenvalue weighted by Gasteiger charge is 2.17. The lowest BCUT2D eigenvalue weighted by molar-refractivity contribution is -0.132. The van der Waals surface area contributed by atoms with E-state index in [-0.39, 0.29) is 4.90 Å². The predicted molar refractivity (Wildman–Crippen MR) is 50.4 cm³/mol. The van der Waals surface area contributed by atoms with Gasteiger partial charge in [-0.15, -0.1) is 0 Å². The van der Waals surface area contributed by atoms with Crippen molar-refractivity contribution in [3.05, 3.63) is 29.3 Å². The van der Waals surface area contributed by atoms with E-state index < -0.39 is 16.2 Å². The van der Waals surface area contributed by atoms with Crippen molar-refractivity contribution in [2.24, 2.45) is 5.73 Å². The molecule has 6 nitrogen and oxygen atoms in total. The van der Waals surface area contributed by atoms with Crippen LogP contribution >= 0.6 is 11.6 Å². The van der Waals surface area contributed by atoms with Gasteiger partial charge in [0, 0.05) is 5.02 Å². The first-order chi connectivity index (χ1) is 6.92. The Kier molecular flexibility index (Phi) is 3.51. The minimum atomic E-state index is -4.15. The van der Waals surface area contributed by atoms with Crippen molar-refractivity contribution in [2.45, 2.75) is 4.90 Å². The van der Waals surface area contributed by atoms with Crippen LogP contribution in [0.3, 0.4) is 0 Å². The van der Waals surface area contributed by atoms with E-state index in [4.69, 9.17) is 11.6 Å². The molecule has 0 aliphatic carbocycles. The smallest absolute Gasteiger partial charge is 0.333 e. The second-order valence-corrected chi connectivity index (χ2v) is 4.33. The second-order valence-electron chi connectivity index (χ2n) is 2.38. The largest absolute Gasteiger partial charge is 0.437 e. The number of halogens is 1. The van der Waals surface area contributed by atoms with Gasteiger partial charge < -0.3 is 5.73 Å². The summed E-state index contributed by atoms with van der Waals surface area (Å²) in [5.41, 5.74) is 4.53. The number of hydrogen-bond donors (Lipinski definition) is 1. The monoisotopic (exact) mass is 251 g/mol. The van der Waals surface area contributed by atoms with E-state index in [1.54, 1.807) is 0 Å². The molecule has 0 saturated carbocycles. The molecule has 0 unspecified atom stereocenters. The van der Waals surface area contributed by atoms with Gasteiger partial charge in [0.2, 0.25) is 0 Å². The van der Waals surface area contributed by atoms with Gasteiger partial charge in [0.1, 0.15) is 0 Å². The number of carbonyl (C=O) groups is 1. The van der Waals surface area contributed by atoms with Gasteiger partial charge in [0.15, 0.2) is 0 Å². The van der Waals surface area contributed by atoms with E-state index >= 15 is 0 Å². The summed E-state index contributed by atoms with van der Waals surface area (Å²) < 4.78 is 26.4. The lowest BCUT2D eigenvalue weighted by atomic mass is 10.4. The summed E-state index contributed by atoms with van der Waals surface area (Å²) in [7, 11) is -4.15. The van der Waals surface area contributed by atoms with Crippen molar-refractivity contribution in [1.82, 2.24) is 0 Å². The first-order valence-corrected chi connectivity index (χ1v) is 5.36. The van der Waals surface area contributed by atoms with Crippen LogP contribution in [0, 0.1) is 0 Å². The minimum absolute atomic E-state index is 0.201. The standard InChI is InChI=1S/C7H6ClNO5S/c8-5-1-3-6(4-2-5)15(11,12)14-13-7(9)10/h1-4H,(H2,9,10). The zero-order chi connectivity index (χ0) is 11.5. The predicted octanol–water partition coefficient (Wildman–Crippen LogP) is 1.06. The summed E-state index contributed by atoms with van der Waals surface area (Å²) in [6.07, 6.45) is -1.35. The van der Waals surface area contributed by atoms with Crippen LogP contribution in [0.5, 0.6) is 0 Å². The third-order valence-electron chi connectivity index (χ3n) is 1.31. The molecule has 2 N–H and O–H groups in total. The molecule has 1 rings (SSSR count). The van der Waals surface area contributed by atoms with Crippen LogP contribution in [0.2, 0.25) is 5.02 Å². The van der Waals surface area contributed by atoms with Gasteiger partial charge in [-0.3, -0.25) is 4.89 Å². The molecule has 0 saturated heterocycles. The highest BCUT2D eigenvalue weighted by atomic mass is 35.5. The van der Waals surface area contributed by atoms with Gasteiger partial charge in [-0.1, -0.05) is 11.6 Å². The van der Waals surface area contributed by atoms with Crippen LogP contribution < -0.4 is 5.73 Å². The molecule has 0 heterocycles. The molecule has 1 aromatic rings. The lowest BCUT2D eigenvalue weighted by Gasteiger charge is -2.01. The van der Waals surface area contributed by atoms with Crippen LogP contribution in [0.1, 0.15) is 0 Å². The average Bonchev–Trinajstić information content (AvgIpc) is 2.16. The Morgan fingerprint density at radius 1 is 1.27 bits per heavy atom. The molecule has 0 fully saturated rings. The van der Waals surface area contributed by atoms with Gasteiger partial charge in [0.05, 0.1) is 4.90 Å².